The van der Waals surface area contributed by atoms with Crippen LogP contribution in [0.4, 0.5) is 10.5 Å². The van der Waals surface area contributed by atoms with Crippen LogP contribution in [-0.4, -0.2) is 37.2 Å². The Hall–Kier alpha value is -1.59. The van der Waals surface area contributed by atoms with Gasteiger partial charge in [0.1, 0.15) is 0 Å². The molecule has 0 radical (unpaired) electrons. The van der Waals surface area contributed by atoms with Crippen molar-refractivity contribution in [2.75, 3.05) is 25.6 Å². The van der Waals surface area contributed by atoms with Gasteiger partial charge in [0, 0.05) is 25.4 Å². The summed E-state index contributed by atoms with van der Waals surface area (Å²) in [4.78, 5) is 13.8. The lowest BCUT2D eigenvalue weighted by Gasteiger charge is -2.23. The normalized spacial score (nSPS) is 20.1. The molecule has 1 aromatic rings. The first-order valence-electron chi connectivity index (χ1n) is 6.55. The first kappa shape index (κ1) is 13.8. The van der Waals surface area contributed by atoms with Gasteiger partial charge < -0.3 is 20.7 Å². The molecule has 2 atom stereocenters. The molecule has 5 heteroatoms. The highest BCUT2D eigenvalue weighted by atomic mass is 16.5. The van der Waals surface area contributed by atoms with Crippen LogP contribution in [-0.2, 0) is 4.74 Å². The summed E-state index contributed by atoms with van der Waals surface area (Å²) in [6.45, 7) is 3.26. The summed E-state index contributed by atoms with van der Waals surface area (Å²) < 4.78 is 5.29. The number of rotatable bonds is 3. The van der Waals surface area contributed by atoms with Gasteiger partial charge in [0.2, 0.25) is 0 Å². The number of hydrogen-bond donors (Lipinski definition) is 2. The molecule has 0 aliphatic carbocycles. The lowest BCUT2D eigenvalue weighted by atomic mass is 10.1. The van der Waals surface area contributed by atoms with Gasteiger partial charge in [-0.1, -0.05) is 12.1 Å². The summed E-state index contributed by atoms with van der Waals surface area (Å²) in [6, 6.07) is 7.62. The summed E-state index contributed by atoms with van der Waals surface area (Å²) in [7, 11) is 1.80. The Balaban J connectivity index is 1.99. The molecular weight excluding hydrogens is 242 g/mol. The lowest BCUT2D eigenvalue weighted by Crippen LogP contribution is -2.40. The van der Waals surface area contributed by atoms with Crippen molar-refractivity contribution in [3.05, 3.63) is 29.8 Å². The van der Waals surface area contributed by atoms with Gasteiger partial charge in [-0.3, -0.25) is 0 Å². The average Bonchev–Trinajstić information content (AvgIpc) is 2.92. The van der Waals surface area contributed by atoms with Gasteiger partial charge in [-0.25, -0.2) is 4.79 Å². The van der Waals surface area contributed by atoms with Gasteiger partial charge in [-0.2, -0.15) is 0 Å². The Kier molecular flexibility index (Phi) is 4.39. The summed E-state index contributed by atoms with van der Waals surface area (Å²) >= 11 is 0. The summed E-state index contributed by atoms with van der Waals surface area (Å²) in [5.74, 6) is 0. The fourth-order valence-corrected chi connectivity index (χ4v) is 2.10. The minimum absolute atomic E-state index is 0.0437. The Morgan fingerprint density at radius 2 is 2.37 bits per heavy atom. The number of nitrogens with two attached hydrogens (primary N) is 1. The zero-order valence-corrected chi connectivity index (χ0v) is 11.4. The van der Waals surface area contributed by atoms with Gasteiger partial charge in [0.15, 0.2) is 0 Å². The lowest BCUT2D eigenvalue weighted by molar-refractivity contribution is 0.164. The standard InChI is InChI=1S/C14H21N3O2/c1-10(15)11-4-3-5-12(8-11)16-14(18)17(2)13-6-7-19-9-13/h3-5,8,10,13H,6-7,9,15H2,1-2H3,(H,16,18). The number of benzene rings is 1. The molecule has 104 valence electrons. The topological polar surface area (TPSA) is 67.6 Å². The average molecular weight is 263 g/mol. The number of urea groups is 1. The fourth-order valence-electron chi connectivity index (χ4n) is 2.10. The monoisotopic (exact) mass is 263 g/mol. The molecule has 3 N–H and O–H groups in total. The molecule has 1 aromatic carbocycles. The quantitative estimate of drug-likeness (QED) is 0.876. The molecule has 2 amide bonds. The largest absolute Gasteiger partial charge is 0.379 e. The zero-order chi connectivity index (χ0) is 13.8. The van der Waals surface area contributed by atoms with Crippen LogP contribution in [0, 0.1) is 0 Å². The highest BCUT2D eigenvalue weighted by molar-refractivity contribution is 5.89. The Bertz CT molecular complexity index is 442. The van der Waals surface area contributed by atoms with E-state index >= 15 is 0 Å². The van der Waals surface area contributed by atoms with E-state index in [9.17, 15) is 4.79 Å². The molecular formula is C14H21N3O2. The van der Waals surface area contributed by atoms with Gasteiger partial charge in [-0.15, -0.1) is 0 Å². The van der Waals surface area contributed by atoms with Crippen molar-refractivity contribution < 1.29 is 9.53 Å². The molecule has 1 saturated heterocycles. The van der Waals surface area contributed by atoms with Gasteiger partial charge in [-0.05, 0) is 31.0 Å². The maximum atomic E-state index is 12.1. The fraction of sp³-hybridized carbons (Fsp3) is 0.500. The molecule has 0 aromatic heterocycles. The number of likely N-dealkylation sites (N-methyl/N-ethyl adjacent to an activating group) is 1. The number of ether oxygens (including phenoxy) is 1. The predicted molar refractivity (Wildman–Crippen MR) is 75.1 cm³/mol. The van der Waals surface area contributed by atoms with Crippen molar-refractivity contribution in [1.29, 1.82) is 0 Å². The third kappa shape index (κ3) is 3.45. The number of anilines is 1. The van der Waals surface area contributed by atoms with Crippen LogP contribution < -0.4 is 11.1 Å². The second kappa shape index (κ2) is 6.04. The first-order valence-corrected chi connectivity index (χ1v) is 6.55. The highest BCUT2D eigenvalue weighted by Crippen LogP contribution is 2.17. The third-order valence-electron chi connectivity index (χ3n) is 3.44. The van der Waals surface area contributed by atoms with Crippen molar-refractivity contribution in [2.24, 2.45) is 5.73 Å². The van der Waals surface area contributed by atoms with Crippen LogP contribution in [0.25, 0.3) is 0 Å². The van der Waals surface area contributed by atoms with E-state index in [1.807, 2.05) is 31.2 Å². The molecule has 0 saturated carbocycles. The molecule has 2 unspecified atom stereocenters. The zero-order valence-electron chi connectivity index (χ0n) is 11.4. The second-order valence-corrected chi connectivity index (χ2v) is 4.97. The van der Waals surface area contributed by atoms with E-state index in [1.165, 1.54) is 0 Å². The van der Waals surface area contributed by atoms with Crippen molar-refractivity contribution in [1.82, 2.24) is 4.90 Å². The van der Waals surface area contributed by atoms with Crippen molar-refractivity contribution >= 4 is 11.7 Å². The molecule has 5 nitrogen and oxygen atoms in total. The van der Waals surface area contributed by atoms with E-state index in [4.69, 9.17) is 10.5 Å². The van der Waals surface area contributed by atoms with E-state index in [0.29, 0.717) is 6.61 Å². The number of amides is 2. The first-order chi connectivity index (χ1) is 9.08. The number of carbonyl (C=O) groups excluding carboxylic acids is 1. The SMILES string of the molecule is CC(N)c1cccc(NC(=O)N(C)C2CCOC2)c1. The van der Waals surface area contributed by atoms with Gasteiger partial charge in [0.25, 0.3) is 0 Å². The Morgan fingerprint density at radius 1 is 1.58 bits per heavy atom. The van der Waals surface area contributed by atoms with E-state index in [-0.39, 0.29) is 18.1 Å². The van der Waals surface area contributed by atoms with Crippen LogP contribution in [0.15, 0.2) is 24.3 Å². The van der Waals surface area contributed by atoms with Crippen LogP contribution in [0.5, 0.6) is 0 Å². The molecule has 0 bridgehead atoms. The molecule has 1 aliphatic rings. The maximum absolute atomic E-state index is 12.1. The second-order valence-electron chi connectivity index (χ2n) is 4.97. The predicted octanol–water partition coefficient (Wildman–Crippen LogP) is 1.96. The molecule has 2 rings (SSSR count). The summed E-state index contributed by atoms with van der Waals surface area (Å²) in [5.41, 5.74) is 7.61. The number of nitrogens with one attached hydrogen (secondary N) is 1. The van der Waals surface area contributed by atoms with Crippen molar-refractivity contribution in [3.8, 4) is 0 Å². The molecule has 0 spiro atoms. The molecule has 1 fully saturated rings. The Labute approximate surface area is 113 Å². The van der Waals surface area contributed by atoms with E-state index in [1.54, 1.807) is 11.9 Å². The van der Waals surface area contributed by atoms with E-state index < -0.39 is 0 Å². The number of hydrogen-bond acceptors (Lipinski definition) is 3. The Morgan fingerprint density at radius 3 is 3.00 bits per heavy atom. The van der Waals surface area contributed by atoms with Crippen LogP contribution in [0.1, 0.15) is 24.9 Å². The summed E-state index contributed by atoms with van der Waals surface area (Å²) in [5, 5.41) is 2.89. The molecule has 1 aliphatic heterocycles. The van der Waals surface area contributed by atoms with Gasteiger partial charge >= 0.3 is 6.03 Å². The summed E-state index contributed by atoms with van der Waals surface area (Å²) in [6.07, 6.45) is 0.893. The third-order valence-corrected chi connectivity index (χ3v) is 3.44. The molecule has 1 heterocycles. The van der Waals surface area contributed by atoms with Crippen LogP contribution in [0.3, 0.4) is 0 Å². The van der Waals surface area contributed by atoms with Crippen LogP contribution >= 0.6 is 0 Å². The van der Waals surface area contributed by atoms with Crippen LogP contribution in [0.2, 0.25) is 0 Å². The highest BCUT2D eigenvalue weighted by Gasteiger charge is 2.24. The van der Waals surface area contributed by atoms with Gasteiger partial charge in [0.05, 0.1) is 12.6 Å². The maximum Gasteiger partial charge on any atom is 0.321 e. The van der Waals surface area contributed by atoms with E-state index in [2.05, 4.69) is 5.32 Å². The van der Waals surface area contributed by atoms with Crippen molar-refractivity contribution in [3.63, 3.8) is 0 Å². The van der Waals surface area contributed by atoms with E-state index in [0.717, 1.165) is 24.3 Å². The minimum Gasteiger partial charge on any atom is -0.379 e. The number of nitrogens with zero attached hydrogens (tertiary/aromatic N) is 1. The number of carbonyl (C=O) groups is 1. The smallest absolute Gasteiger partial charge is 0.321 e. The minimum atomic E-state index is -0.114. The molecule has 19 heavy (non-hydrogen) atoms. The van der Waals surface area contributed by atoms with Crippen molar-refractivity contribution in [2.45, 2.75) is 25.4 Å².